The third-order valence-corrected chi connectivity index (χ3v) is 2.25. The number of rotatable bonds is 3. The molecule has 1 aromatic carbocycles. The number of halogens is 3. The number of nitrogens with one attached hydrogen (secondary N) is 1. The van der Waals surface area contributed by atoms with Crippen LogP contribution in [-0.2, 0) is 11.0 Å². The highest BCUT2D eigenvalue weighted by atomic mass is 19.4. The van der Waals surface area contributed by atoms with Gasteiger partial charge in [0.05, 0.1) is 17.2 Å². The van der Waals surface area contributed by atoms with E-state index in [2.05, 4.69) is 5.32 Å². The smallest absolute Gasteiger partial charge is 0.353 e. The van der Waals surface area contributed by atoms with E-state index in [-0.39, 0.29) is 12.5 Å². The number of hydrogen-bond donors (Lipinski definition) is 1. The van der Waals surface area contributed by atoms with Gasteiger partial charge in [0.1, 0.15) is 0 Å². The van der Waals surface area contributed by atoms with Gasteiger partial charge in [0.2, 0.25) is 5.91 Å². The molecular weight excluding hydrogens is 257 g/mol. The Balaban J connectivity index is 2.94. The lowest BCUT2D eigenvalue weighted by atomic mass is 10.0. The zero-order valence-corrected chi connectivity index (χ0v) is 10.1. The number of amides is 1. The monoisotopic (exact) mass is 268 g/mol. The fraction of sp³-hybridized carbons (Fsp3) is 0.231. The summed E-state index contributed by atoms with van der Waals surface area (Å²) in [6.45, 7) is 1.58. The summed E-state index contributed by atoms with van der Waals surface area (Å²) < 4.78 is 38.0. The number of benzene rings is 1. The van der Waals surface area contributed by atoms with Gasteiger partial charge in [-0.1, -0.05) is 18.2 Å². The van der Waals surface area contributed by atoms with Gasteiger partial charge in [0.15, 0.2) is 0 Å². The van der Waals surface area contributed by atoms with E-state index >= 15 is 0 Å². The van der Waals surface area contributed by atoms with Crippen molar-refractivity contribution in [1.29, 1.82) is 5.26 Å². The highest BCUT2D eigenvalue weighted by Gasteiger charge is 2.33. The van der Waals surface area contributed by atoms with Gasteiger partial charge in [-0.05, 0) is 17.7 Å². The first-order chi connectivity index (χ1) is 8.84. The molecule has 0 fully saturated rings. The summed E-state index contributed by atoms with van der Waals surface area (Å²) in [5, 5.41) is 11.1. The summed E-state index contributed by atoms with van der Waals surface area (Å²) in [6, 6.07) is 4.96. The highest BCUT2D eigenvalue weighted by Crippen LogP contribution is 2.32. The largest absolute Gasteiger partial charge is 0.417 e. The van der Waals surface area contributed by atoms with Crippen molar-refractivity contribution >= 4 is 12.0 Å². The average molecular weight is 268 g/mol. The van der Waals surface area contributed by atoms with Crippen LogP contribution in [0.5, 0.6) is 0 Å². The first-order valence-electron chi connectivity index (χ1n) is 5.37. The maximum atomic E-state index is 12.7. The molecule has 19 heavy (non-hydrogen) atoms. The second-order valence-electron chi connectivity index (χ2n) is 3.75. The lowest BCUT2D eigenvalue weighted by molar-refractivity contribution is -0.137. The van der Waals surface area contributed by atoms with Crippen molar-refractivity contribution in [2.45, 2.75) is 13.1 Å². The summed E-state index contributed by atoms with van der Waals surface area (Å²) in [7, 11) is 0. The Morgan fingerprint density at radius 1 is 1.47 bits per heavy atom. The van der Waals surface area contributed by atoms with Crippen LogP contribution >= 0.6 is 0 Å². The SMILES string of the molecule is CC(=O)NCC=Cc1ccc(C#N)c(C(F)(F)F)c1. The standard InChI is InChI=1S/C13H11F3N2O/c1-9(19)18-6-2-3-10-4-5-11(8-17)12(7-10)13(14,15)16/h2-5,7H,6H2,1H3,(H,18,19). The van der Waals surface area contributed by atoms with Crippen molar-refractivity contribution in [1.82, 2.24) is 5.32 Å². The molecule has 6 heteroatoms. The zero-order chi connectivity index (χ0) is 14.5. The van der Waals surface area contributed by atoms with Crippen LogP contribution in [0, 0.1) is 11.3 Å². The number of nitriles is 1. The van der Waals surface area contributed by atoms with Gasteiger partial charge in [-0.15, -0.1) is 0 Å². The molecule has 0 aromatic heterocycles. The molecule has 0 aliphatic rings. The maximum Gasteiger partial charge on any atom is 0.417 e. The van der Waals surface area contributed by atoms with Crippen LogP contribution in [0.15, 0.2) is 24.3 Å². The quantitative estimate of drug-likeness (QED) is 0.916. The summed E-state index contributed by atoms with van der Waals surface area (Å²) in [4.78, 5) is 10.6. The average Bonchev–Trinajstić information content (AvgIpc) is 2.33. The summed E-state index contributed by atoms with van der Waals surface area (Å²) >= 11 is 0. The summed E-state index contributed by atoms with van der Waals surface area (Å²) in [5.41, 5.74) is -1.06. The van der Waals surface area contributed by atoms with Crippen LogP contribution in [0.3, 0.4) is 0 Å². The van der Waals surface area contributed by atoms with Crippen LogP contribution in [0.25, 0.3) is 6.08 Å². The molecule has 1 amide bonds. The van der Waals surface area contributed by atoms with Gasteiger partial charge in [0, 0.05) is 13.5 Å². The Morgan fingerprint density at radius 3 is 2.68 bits per heavy atom. The molecule has 0 saturated carbocycles. The fourth-order valence-corrected chi connectivity index (χ4v) is 1.40. The molecular formula is C13H11F3N2O. The van der Waals surface area contributed by atoms with E-state index in [1.807, 2.05) is 0 Å². The van der Waals surface area contributed by atoms with Gasteiger partial charge < -0.3 is 5.32 Å². The molecule has 0 aliphatic heterocycles. The Labute approximate surface area is 108 Å². The van der Waals surface area contributed by atoms with E-state index in [1.54, 1.807) is 0 Å². The van der Waals surface area contributed by atoms with Crippen LogP contribution < -0.4 is 5.32 Å². The number of hydrogen-bond acceptors (Lipinski definition) is 2. The van der Waals surface area contributed by atoms with Crippen LogP contribution in [0.1, 0.15) is 23.6 Å². The minimum Gasteiger partial charge on any atom is -0.353 e. The van der Waals surface area contributed by atoms with Gasteiger partial charge in [-0.2, -0.15) is 18.4 Å². The third kappa shape index (κ3) is 4.47. The van der Waals surface area contributed by atoms with Crippen molar-refractivity contribution in [2.24, 2.45) is 0 Å². The van der Waals surface area contributed by atoms with Gasteiger partial charge in [-0.3, -0.25) is 4.79 Å². The number of nitrogens with zero attached hydrogens (tertiary/aromatic N) is 1. The van der Waals surface area contributed by atoms with E-state index in [9.17, 15) is 18.0 Å². The third-order valence-electron chi connectivity index (χ3n) is 2.25. The fourth-order valence-electron chi connectivity index (χ4n) is 1.40. The Kier molecular flexibility index (Phi) is 4.70. The zero-order valence-electron chi connectivity index (χ0n) is 10.1. The van der Waals surface area contributed by atoms with Crippen molar-refractivity contribution in [2.75, 3.05) is 6.54 Å². The predicted molar refractivity (Wildman–Crippen MR) is 63.9 cm³/mol. The molecule has 1 N–H and O–H groups in total. The van der Waals surface area contributed by atoms with Crippen LogP contribution in [0.4, 0.5) is 13.2 Å². The number of carbonyl (C=O) groups excluding carboxylic acids is 1. The molecule has 0 atom stereocenters. The molecule has 0 radical (unpaired) electrons. The molecule has 3 nitrogen and oxygen atoms in total. The number of carbonyl (C=O) groups is 1. The Morgan fingerprint density at radius 2 is 2.16 bits per heavy atom. The van der Waals surface area contributed by atoms with E-state index in [1.165, 1.54) is 31.2 Å². The second-order valence-corrected chi connectivity index (χ2v) is 3.75. The molecule has 0 saturated heterocycles. The first kappa shape index (κ1) is 14.8. The number of alkyl halides is 3. The molecule has 100 valence electrons. The highest BCUT2D eigenvalue weighted by molar-refractivity contribution is 5.73. The van der Waals surface area contributed by atoms with Gasteiger partial charge in [0.25, 0.3) is 0 Å². The molecule has 0 bridgehead atoms. The maximum absolute atomic E-state index is 12.7. The van der Waals surface area contributed by atoms with Crippen molar-refractivity contribution in [3.05, 3.63) is 41.0 Å². The molecule has 0 spiro atoms. The normalized spacial score (nSPS) is 11.3. The van der Waals surface area contributed by atoms with Crippen LogP contribution in [0.2, 0.25) is 0 Å². The van der Waals surface area contributed by atoms with Gasteiger partial charge in [-0.25, -0.2) is 0 Å². The van der Waals surface area contributed by atoms with Gasteiger partial charge >= 0.3 is 6.18 Å². The predicted octanol–water partition coefficient (Wildman–Crippen LogP) is 2.73. The Bertz CT molecular complexity index is 542. The van der Waals surface area contributed by atoms with E-state index < -0.39 is 17.3 Å². The van der Waals surface area contributed by atoms with Crippen molar-refractivity contribution < 1.29 is 18.0 Å². The molecule has 0 heterocycles. The van der Waals surface area contributed by atoms with E-state index in [0.29, 0.717) is 5.56 Å². The molecule has 0 unspecified atom stereocenters. The van der Waals surface area contributed by atoms with Crippen LogP contribution in [-0.4, -0.2) is 12.5 Å². The van der Waals surface area contributed by atoms with Crippen molar-refractivity contribution in [3.8, 4) is 6.07 Å². The minimum absolute atomic E-state index is 0.222. The van der Waals surface area contributed by atoms with E-state index in [0.717, 1.165) is 12.1 Å². The second kappa shape index (κ2) is 6.05. The summed E-state index contributed by atoms with van der Waals surface area (Å²) in [6.07, 6.45) is -1.58. The minimum atomic E-state index is -4.56. The topological polar surface area (TPSA) is 52.9 Å². The lowest BCUT2D eigenvalue weighted by Crippen LogP contribution is -2.19. The molecule has 1 aromatic rings. The van der Waals surface area contributed by atoms with Crippen molar-refractivity contribution in [3.63, 3.8) is 0 Å². The first-order valence-corrected chi connectivity index (χ1v) is 5.37. The molecule has 1 rings (SSSR count). The van der Waals surface area contributed by atoms with E-state index in [4.69, 9.17) is 5.26 Å². The lowest BCUT2D eigenvalue weighted by Gasteiger charge is -2.09. The Hall–Kier alpha value is -2.29. The summed E-state index contributed by atoms with van der Waals surface area (Å²) in [5.74, 6) is -0.222. The molecule has 0 aliphatic carbocycles.